The number of nitro groups is 1. The Morgan fingerprint density at radius 3 is 2.62 bits per heavy atom. The van der Waals surface area contributed by atoms with Crippen LogP contribution in [0.1, 0.15) is 11.7 Å². The van der Waals surface area contributed by atoms with Gasteiger partial charge in [0.25, 0.3) is 11.2 Å². The lowest BCUT2D eigenvalue weighted by Gasteiger charge is -2.13. The fraction of sp³-hybridized carbons (Fsp3) is 0.125. The van der Waals surface area contributed by atoms with Gasteiger partial charge in [0.2, 0.25) is 0 Å². The first-order valence-electron chi connectivity index (χ1n) is 7.03. The molecule has 0 amide bonds. The van der Waals surface area contributed by atoms with E-state index in [1.54, 1.807) is 0 Å². The molecule has 1 aromatic heterocycles. The van der Waals surface area contributed by atoms with Crippen LogP contribution in [0.25, 0.3) is 10.9 Å². The van der Waals surface area contributed by atoms with Gasteiger partial charge in [-0.3, -0.25) is 19.5 Å². The number of hydrogen-bond acceptors (Lipinski definition) is 5. The number of aliphatic hydroxyl groups is 1. The summed E-state index contributed by atoms with van der Waals surface area (Å²) in [5.74, 6) is -0.428. The smallest absolute Gasteiger partial charge is 0.270 e. The summed E-state index contributed by atoms with van der Waals surface area (Å²) in [6.45, 7) is -0.101. The van der Waals surface area contributed by atoms with Crippen LogP contribution in [0.5, 0.6) is 0 Å². The second-order valence-corrected chi connectivity index (χ2v) is 5.23. The number of nitrogens with zero attached hydrogens (tertiary/aromatic N) is 3. The van der Waals surface area contributed by atoms with Gasteiger partial charge in [0, 0.05) is 12.1 Å². The molecule has 1 N–H and O–H groups in total. The molecule has 8 heteroatoms. The van der Waals surface area contributed by atoms with Crippen LogP contribution in [0.3, 0.4) is 0 Å². The third-order valence-electron chi connectivity index (χ3n) is 3.64. The maximum absolute atomic E-state index is 12.9. The average molecular weight is 329 g/mol. The van der Waals surface area contributed by atoms with Crippen LogP contribution < -0.4 is 5.56 Å². The van der Waals surface area contributed by atoms with Crippen LogP contribution in [-0.4, -0.2) is 19.6 Å². The Balaban J connectivity index is 1.97. The summed E-state index contributed by atoms with van der Waals surface area (Å²) in [5, 5.41) is 21.1. The Hall–Kier alpha value is -3.13. The van der Waals surface area contributed by atoms with Crippen LogP contribution in [0.2, 0.25) is 0 Å². The van der Waals surface area contributed by atoms with Crippen molar-refractivity contribution in [2.75, 3.05) is 0 Å². The molecule has 0 spiro atoms. The molecule has 0 radical (unpaired) electrons. The number of aromatic nitrogens is 2. The minimum atomic E-state index is -1.04. The third kappa shape index (κ3) is 2.99. The van der Waals surface area contributed by atoms with E-state index in [1.165, 1.54) is 47.3 Å². The Bertz CT molecular complexity index is 969. The van der Waals surface area contributed by atoms with Crippen molar-refractivity contribution < 1.29 is 14.4 Å². The number of non-ortho nitro benzene ring substituents is 1. The van der Waals surface area contributed by atoms with E-state index in [-0.39, 0.29) is 17.6 Å². The van der Waals surface area contributed by atoms with Crippen molar-refractivity contribution >= 4 is 16.6 Å². The van der Waals surface area contributed by atoms with Gasteiger partial charge in [-0.1, -0.05) is 12.1 Å². The van der Waals surface area contributed by atoms with Crippen molar-refractivity contribution in [3.8, 4) is 0 Å². The molecule has 0 aliphatic carbocycles. The predicted molar refractivity (Wildman–Crippen MR) is 84.0 cm³/mol. The maximum Gasteiger partial charge on any atom is 0.270 e. The van der Waals surface area contributed by atoms with Gasteiger partial charge >= 0.3 is 0 Å². The highest BCUT2D eigenvalue weighted by atomic mass is 19.1. The molecule has 2 aromatic carbocycles. The molecule has 3 rings (SSSR count). The second-order valence-electron chi connectivity index (χ2n) is 5.23. The summed E-state index contributed by atoms with van der Waals surface area (Å²) in [5.41, 5.74) is 0.0728. The molecule has 0 saturated heterocycles. The molecule has 1 heterocycles. The summed E-state index contributed by atoms with van der Waals surface area (Å²) < 4.78 is 14.1. The Morgan fingerprint density at radius 1 is 1.25 bits per heavy atom. The molecule has 0 aliphatic rings. The fourth-order valence-electron chi connectivity index (χ4n) is 2.37. The van der Waals surface area contributed by atoms with E-state index in [2.05, 4.69) is 4.98 Å². The highest BCUT2D eigenvalue weighted by molar-refractivity contribution is 5.79. The van der Waals surface area contributed by atoms with Crippen LogP contribution in [-0.2, 0) is 6.54 Å². The summed E-state index contributed by atoms with van der Waals surface area (Å²) in [6, 6.07) is 9.09. The van der Waals surface area contributed by atoms with E-state index >= 15 is 0 Å². The van der Waals surface area contributed by atoms with Crippen LogP contribution in [0.4, 0.5) is 10.1 Å². The second kappa shape index (κ2) is 6.17. The first-order chi connectivity index (χ1) is 11.5. The van der Waals surface area contributed by atoms with Crippen LogP contribution >= 0.6 is 0 Å². The first-order valence-corrected chi connectivity index (χ1v) is 7.03. The lowest BCUT2D eigenvalue weighted by molar-refractivity contribution is -0.384. The van der Waals surface area contributed by atoms with E-state index in [1.807, 2.05) is 0 Å². The number of nitro benzene ring substituents is 1. The van der Waals surface area contributed by atoms with E-state index in [0.29, 0.717) is 11.1 Å². The largest absolute Gasteiger partial charge is 0.387 e. The normalized spacial score (nSPS) is 12.2. The molecule has 122 valence electrons. The molecule has 0 saturated carbocycles. The van der Waals surface area contributed by atoms with Crippen LogP contribution in [0, 0.1) is 15.9 Å². The highest BCUT2D eigenvalue weighted by Gasteiger charge is 2.14. The lowest BCUT2D eigenvalue weighted by Crippen LogP contribution is -2.23. The molecule has 1 unspecified atom stereocenters. The van der Waals surface area contributed by atoms with Crippen molar-refractivity contribution in [2.24, 2.45) is 0 Å². The molecule has 1 atom stereocenters. The van der Waals surface area contributed by atoms with Crippen molar-refractivity contribution in [1.82, 2.24) is 9.55 Å². The zero-order valence-corrected chi connectivity index (χ0v) is 12.3. The fourth-order valence-corrected chi connectivity index (χ4v) is 2.37. The summed E-state index contributed by atoms with van der Waals surface area (Å²) >= 11 is 0. The highest BCUT2D eigenvalue weighted by Crippen LogP contribution is 2.18. The zero-order valence-electron chi connectivity index (χ0n) is 12.3. The Kier molecular flexibility index (Phi) is 4.05. The van der Waals surface area contributed by atoms with Gasteiger partial charge in [0.05, 0.1) is 34.8 Å². The van der Waals surface area contributed by atoms with Crippen molar-refractivity contribution in [2.45, 2.75) is 12.6 Å². The average Bonchev–Trinajstić information content (AvgIpc) is 2.57. The van der Waals surface area contributed by atoms with Gasteiger partial charge in [-0.05, 0) is 23.8 Å². The molecule has 24 heavy (non-hydrogen) atoms. The van der Waals surface area contributed by atoms with Crippen molar-refractivity contribution in [1.29, 1.82) is 0 Å². The van der Waals surface area contributed by atoms with E-state index in [4.69, 9.17) is 0 Å². The molecular formula is C16H12FN3O4. The van der Waals surface area contributed by atoms with Crippen molar-refractivity contribution in [3.63, 3.8) is 0 Å². The standard InChI is InChI=1S/C16H12FN3O4/c17-11-3-1-10(2-4-11)15(21)8-19-9-18-14-6-5-12(20(23)24)7-13(14)16(19)22/h1-7,9,15,21H,8H2. The van der Waals surface area contributed by atoms with E-state index in [9.17, 15) is 24.4 Å². The molecule has 3 aromatic rings. The molecule has 0 aliphatic heterocycles. The van der Waals surface area contributed by atoms with Gasteiger partial charge in [0.1, 0.15) is 5.82 Å². The van der Waals surface area contributed by atoms with Gasteiger partial charge in [0.15, 0.2) is 0 Å². The van der Waals surface area contributed by atoms with Crippen LogP contribution in [0.15, 0.2) is 53.6 Å². The maximum atomic E-state index is 12.9. The van der Waals surface area contributed by atoms with E-state index in [0.717, 1.165) is 6.07 Å². The number of hydrogen-bond donors (Lipinski definition) is 1. The van der Waals surface area contributed by atoms with Gasteiger partial charge in [-0.15, -0.1) is 0 Å². The lowest BCUT2D eigenvalue weighted by atomic mass is 10.1. The summed E-state index contributed by atoms with van der Waals surface area (Å²) in [7, 11) is 0. The number of aliphatic hydroxyl groups excluding tert-OH is 1. The van der Waals surface area contributed by atoms with Gasteiger partial charge in [-0.2, -0.15) is 0 Å². The number of benzene rings is 2. The Labute approximate surface area is 134 Å². The molecule has 0 bridgehead atoms. The topological polar surface area (TPSA) is 98.3 Å². The predicted octanol–water partition coefficient (Wildman–Crippen LogP) is 2.18. The quantitative estimate of drug-likeness (QED) is 0.584. The number of rotatable bonds is 4. The minimum Gasteiger partial charge on any atom is -0.387 e. The first kappa shape index (κ1) is 15.8. The zero-order chi connectivity index (χ0) is 17.3. The number of halogens is 1. The molecule has 0 fully saturated rings. The minimum absolute atomic E-state index is 0.0954. The van der Waals surface area contributed by atoms with Crippen molar-refractivity contribution in [3.05, 3.63) is 80.6 Å². The van der Waals surface area contributed by atoms with E-state index < -0.39 is 22.4 Å². The Morgan fingerprint density at radius 2 is 1.96 bits per heavy atom. The summed E-state index contributed by atoms with van der Waals surface area (Å²) in [6.07, 6.45) is 0.227. The monoisotopic (exact) mass is 329 g/mol. The number of fused-ring (bicyclic) bond motifs is 1. The molecular weight excluding hydrogens is 317 g/mol. The summed E-state index contributed by atoms with van der Waals surface area (Å²) in [4.78, 5) is 26.8. The van der Waals surface area contributed by atoms with Gasteiger partial charge < -0.3 is 5.11 Å². The third-order valence-corrected chi connectivity index (χ3v) is 3.64. The SMILES string of the molecule is O=c1c2cc([N+](=O)[O-])ccc2ncn1CC(O)c1ccc(F)cc1. The molecule has 7 nitrogen and oxygen atoms in total. The van der Waals surface area contributed by atoms with Gasteiger partial charge in [-0.25, -0.2) is 9.37 Å².